The van der Waals surface area contributed by atoms with Crippen molar-refractivity contribution in [2.45, 2.75) is 52.1 Å². The summed E-state index contributed by atoms with van der Waals surface area (Å²) < 4.78 is 0. The highest BCUT2D eigenvalue weighted by Crippen LogP contribution is 2.15. The summed E-state index contributed by atoms with van der Waals surface area (Å²) in [4.78, 5) is 23.1. The summed E-state index contributed by atoms with van der Waals surface area (Å²) in [6, 6.07) is -1.03. The predicted octanol–water partition coefficient (Wildman–Crippen LogP) is 0.990. The number of carbonyl (C=O) groups excluding carboxylic acids is 1. The molecule has 0 saturated carbocycles. The molecule has 0 bridgehead atoms. The number of nitrogens with one attached hydrogen (secondary N) is 2. The van der Waals surface area contributed by atoms with Crippen LogP contribution in [0.15, 0.2) is 0 Å². The van der Waals surface area contributed by atoms with Gasteiger partial charge in [-0.05, 0) is 37.6 Å². The average molecular weight is 256 g/mol. The number of hydrogen-bond donors (Lipinski definition) is 3. The van der Waals surface area contributed by atoms with E-state index in [4.69, 9.17) is 5.11 Å². The number of rotatable bonds is 5. The van der Waals surface area contributed by atoms with Gasteiger partial charge in [0.05, 0.1) is 6.04 Å². The van der Waals surface area contributed by atoms with Gasteiger partial charge in [0.1, 0.15) is 6.04 Å². The molecule has 1 aliphatic heterocycles. The predicted molar refractivity (Wildman–Crippen MR) is 69.2 cm³/mol. The minimum Gasteiger partial charge on any atom is -0.480 e. The van der Waals surface area contributed by atoms with Gasteiger partial charge in [0.15, 0.2) is 0 Å². The first kappa shape index (κ1) is 15.0. The highest BCUT2D eigenvalue weighted by molar-refractivity contribution is 5.87. The van der Waals surface area contributed by atoms with Crippen molar-refractivity contribution < 1.29 is 14.7 Å². The first-order valence-corrected chi connectivity index (χ1v) is 6.66. The fourth-order valence-corrected chi connectivity index (χ4v) is 2.27. The van der Waals surface area contributed by atoms with Crippen LogP contribution in [0.25, 0.3) is 0 Å². The molecule has 1 fully saturated rings. The lowest BCUT2D eigenvalue weighted by atomic mass is 9.93. The lowest BCUT2D eigenvalue weighted by Crippen LogP contribution is -2.52. The Morgan fingerprint density at radius 2 is 2.11 bits per heavy atom. The minimum absolute atomic E-state index is 0.186. The average Bonchev–Trinajstić information content (AvgIpc) is 2.27. The van der Waals surface area contributed by atoms with Crippen molar-refractivity contribution in [2.75, 3.05) is 6.54 Å². The van der Waals surface area contributed by atoms with Gasteiger partial charge in [-0.1, -0.05) is 20.8 Å². The summed E-state index contributed by atoms with van der Waals surface area (Å²) >= 11 is 0. The number of piperidine rings is 1. The maximum Gasteiger partial charge on any atom is 0.326 e. The summed E-state index contributed by atoms with van der Waals surface area (Å²) in [6.45, 7) is 6.83. The normalized spacial score (nSPS) is 25.8. The van der Waals surface area contributed by atoms with Crippen LogP contribution in [0.3, 0.4) is 0 Å². The van der Waals surface area contributed by atoms with E-state index >= 15 is 0 Å². The van der Waals surface area contributed by atoms with Crippen LogP contribution in [0, 0.1) is 11.8 Å². The molecule has 0 spiro atoms. The molecule has 0 aromatic heterocycles. The molecule has 2 unspecified atom stereocenters. The molecule has 1 rings (SSSR count). The zero-order chi connectivity index (χ0) is 13.7. The largest absolute Gasteiger partial charge is 0.480 e. The zero-order valence-corrected chi connectivity index (χ0v) is 11.4. The van der Waals surface area contributed by atoms with Crippen LogP contribution in [-0.2, 0) is 9.59 Å². The lowest BCUT2D eigenvalue weighted by molar-refractivity contribution is -0.142. The monoisotopic (exact) mass is 256 g/mol. The van der Waals surface area contributed by atoms with Gasteiger partial charge in [-0.25, -0.2) is 4.79 Å². The first-order chi connectivity index (χ1) is 8.40. The second-order valence-electron chi connectivity index (χ2n) is 5.67. The Balaban J connectivity index is 2.52. The van der Waals surface area contributed by atoms with Gasteiger partial charge in [0.2, 0.25) is 5.91 Å². The van der Waals surface area contributed by atoms with Crippen LogP contribution in [0.2, 0.25) is 0 Å². The smallest absolute Gasteiger partial charge is 0.326 e. The van der Waals surface area contributed by atoms with E-state index in [2.05, 4.69) is 17.6 Å². The number of amides is 1. The van der Waals surface area contributed by atoms with Crippen molar-refractivity contribution in [3.05, 3.63) is 0 Å². The van der Waals surface area contributed by atoms with E-state index in [1.54, 1.807) is 0 Å². The Kier molecular flexibility index (Phi) is 5.59. The summed E-state index contributed by atoms with van der Waals surface area (Å²) in [6.07, 6.45) is 2.31. The van der Waals surface area contributed by atoms with Crippen LogP contribution in [0.4, 0.5) is 0 Å². The van der Waals surface area contributed by atoms with E-state index < -0.39 is 12.0 Å². The molecule has 0 aliphatic carbocycles. The van der Waals surface area contributed by atoms with Crippen molar-refractivity contribution in [1.29, 1.82) is 0 Å². The number of aliphatic carboxylic acids is 1. The zero-order valence-electron chi connectivity index (χ0n) is 11.4. The lowest BCUT2D eigenvalue weighted by Gasteiger charge is -2.28. The molecule has 5 heteroatoms. The second kappa shape index (κ2) is 6.73. The third-order valence-corrected chi connectivity index (χ3v) is 3.30. The van der Waals surface area contributed by atoms with Crippen LogP contribution in [0.5, 0.6) is 0 Å². The summed E-state index contributed by atoms with van der Waals surface area (Å²) in [5.74, 6) is -0.393. The Morgan fingerprint density at radius 3 is 2.61 bits per heavy atom. The van der Waals surface area contributed by atoms with Crippen LogP contribution in [-0.4, -0.2) is 35.6 Å². The van der Waals surface area contributed by atoms with Gasteiger partial charge in [-0.15, -0.1) is 0 Å². The Labute approximate surface area is 108 Å². The van der Waals surface area contributed by atoms with Crippen molar-refractivity contribution in [3.63, 3.8) is 0 Å². The molecule has 18 heavy (non-hydrogen) atoms. The third kappa shape index (κ3) is 4.64. The molecule has 0 radical (unpaired) electrons. The van der Waals surface area contributed by atoms with E-state index in [1.807, 2.05) is 13.8 Å². The Bertz CT molecular complexity index is 305. The SMILES string of the molecule is CC(C)C[C@@H](NC(=O)C1CC(C)CCN1)C(=O)O. The maximum atomic E-state index is 12.0. The maximum absolute atomic E-state index is 12.0. The molecular formula is C13H24N2O3. The van der Waals surface area contributed by atoms with Crippen molar-refractivity contribution in [3.8, 4) is 0 Å². The highest BCUT2D eigenvalue weighted by Gasteiger charge is 2.28. The number of carboxylic acids is 1. The van der Waals surface area contributed by atoms with E-state index in [9.17, 15) is 9.59 Å². The molecule has 104 valence electrons. The molecule has 1 aliphatic rings. The van der Waals surface area contributed by atoms with E-state index in [0.717, 1.165) is 19.4 Å². The summed E-state index contributed by atoms with van der Waals surface area (Å²) in [5, 5.41) is 14.9. The molecule has 5 nitrogen and oxygen atoms in total. The van der Waals surface area contributed by atoms with Gasteiger partial charge >= 0.3 is 5.97 Å². The highest BCUT2D eigenvalue weighted by atomic mass is 16.4. The number of carboxylic acid groups (broad SMARTS) is 1. The standard InChI is InChI=1S/C13H24N2O3/c1-8(2)6-11(13(17)18)15-12(16)10-7-9(3)4-5-14-10/h8-11,14H,4-7H2,1-3H3,(H,15,16)(H,17,18)/t9?,10?,11-/m1/s1. The topological polar surface area (TPSA) is 78.4 Å². The summed E-state index contributed by atoms with van der Waals surface area (Å²) in [7, 11) is 0. The first-order valence-electron chi connectivity index (χ1n) is 6.66. The summed E-state index contributed by atoms with van der Waals surface area (Å²) in [5.41, 5.74) is 0. The van der Waals surface area contributed by atoms with Crippen molar-refractivity contribution >= 4 is 11.9 Å². The fourth-order valence-electron chi connectivity index (χ4n) is 2.27. The molecule has 3 N–H and O–H groups in total. The molecule has 1 saturated heterocycles. The molecule has 1 amide bonds. The van der Waals surface area contributed by atoms with Gasteiger partial charge < -0.3 is 15.7 Å². The minimum atomic E-state index is -0.957. The van der Waals surface area contributed by atoms with Crippen LogP contribution < -0.4 is 10.6 Å². The molecule has 1 heterocycles. The van der Waals surface area contributed by atoms with Gasteiger partial charge in [-0.3, -0.25) is 4.79 Å². The Morgan fingerprint density at radius 1 is 1.44 bits per heavy atom. The molecule has 0 aromatic rings. The molecule has 3 atom stereocenters. The van der Waals surface area contributed by atoms with Gasteiger partial charge in [0.25, 0.3) is 0 Å². The molecular weight excluding hydrogens is 232 g/mol. The van der Waals surface area contributed by atoms with E-state index in [1.165, 1.54) is 0 Å². The fraction of sp³-hybridized carbons (Fsp3) is 0.846. The van der Waals surface area contributed by atoms with E-state index in [0.29, 0.717) is 12.3 Å². The van der Waals surface area contributed by atoms with Crippen LogP contribution >= 0.6 is 0 Å². The quantitative estimate of drug-likeness (QED) is 0.685. The number of carbonyl (C=O) groups is 2. The van der Waals surface area contributed by atoms with Gasteiger partial charge in [0, 0.05) is 0 Å². The van der Waals surface area contributed by atoms with Crippen molar-refractivity contribution in [1.82, 2.24) is 10.6 Å². The van der Waals surface area contributed by atoms with Gasteiger partial charge in [-0.2, -0.15) is 0 Å². The third-order valence-electron chi connectivity index (χ3n) is 3.30. The van der Waals surface area contributed by atoms with E-state index in [-0.39, 0.29) is 17.9 Å². The van der Waals surface area contributed by atoms with Crippen molar-refractivity contribution in [2.24, 2.45) is 11.8 Å². The number of hydrogen-bond acceptors (Lipinski definition) is 3. The second-order valence-corrected chi connectivity index (χ2v) is 5.67. The molecule has 0 aromatic carbocycles. The Hall–Kier alpha value is -1.10. The van der Waals surface area contributed by atoms with Crippen LogP contribution in [0.1, 0.15) is 40.0 Å².